The van der Waals surface area contributed by atoms with Crippen LogP contribution in [0.2, 0.25) is 0 Å². The molecule has 0 atom stereocenters. The van der Waals surface area contributed by atoms with Crippen LogP contribution in [0.1, 0.15) is 19.8 Å². The summed E-state index contributed by atoms with van der Waals surface area (Å²) in [7, 11) is 0. The van der Waals surface area contributed by atoms with E-state index in [0.29, 0.717) is 6.04 Å². The third-order valence-electron chi connectivity index (χ3n) is 4.20. The van der Waals surface area contributed by atoms with Crippen LogP contribution < -0.4 is 15.1 Å². The molecule has 7 heteroatoms. The lowest BCUT2D eigenvalue weighted by molar-refractivity contribution is -0.119. The van der Waals surface area contributed by atoms with Gasteiger partial charge in [0.25, 0.3) is 0 Å². The van der Waals surface area contributed by atoms with E-state index >= 15 is 0 Å². The van der Waals surface area contributed by atoms with Gasteiger partial charge in [-0.2, -0.15) is 11.8 Å². The number of hydrogen-bond acceptors (Lipinski definition) is 6. The summed E-state index contributed by atoms with van der Waals surface area (Å²) in [6.45, 7) is 5.56. The Labute approximate surface area is 135 Å². The van der Waals surface area contributed by atoms with Crippen LogP contribution in [-0.2, 0) is 4.79 Å². The van der Waals surface area contributed by atoms with E-state index < -0.39 is 0 Å². The molecule has 0 aromatic carbocycles. The number of piperidine rings is 1. The highest BCUT2D eigenvalue weighted by atomic mass is 32.2. The fraction of sp³-hybridized carbons (Fsp3) is 0.667. The van der Waals surface area contributed by atoms with E-state index in [4.69, 9.17) is 0 Å². The molecule has 2 fully saturated rings. The van der Waals surface area contributed by atoms with Crippen molar-refractivity contribution in [2.24, 2.45) is 0 Å². The van der Waals surface area contributed by atoms with E-state index in [9.17, 15) is 4.79 Å². The summed E-state index contributed by atoms with van der Waals surface area (Å²) < 4.78 is 0. The van der Waals surface area contributed by atoms with Gasteiger partial charge in [-0.1, -0.05) is 0 Å². The van der Waals surface area contributed by atoms with Gasteiger partial charge >= 0.3 is 0 Å². The highest BCUT2D eigenvalue weighted by Gasteiger charge is 2.21. The maximum absolute atomic E-state index is 11.1. The lowest BCUT2D eigenvalue weighted by Crippen LogP contribution is -2.44. The smallest absolute Gasteiger partial charge is 0.217 e. The van der Waals surface area contributed by atoms with Gasteiger partial charge in [0.2, 0.25) is 5.91 Å². The van der Waals surface area contributed by atoms with E-state index in [2.05, 4.69) is 31.2 Å². The van der Waals surface area contributed by atoms with Crippen LogP contribution in [0.3, 0.4) is 0 Å². The van der Waals surface area contributed by atoms with Crippen LogP contribution in [0.4, 0.5) is 11.6 Å². The second-order valence-corrected chi connectivity index (χ2v) is 7.02. The van der Waals surface area contributed by atoms with Gasteiger partial charge in [0.1, 0.15) is 18.0 Å². The van der Waals surface area contributed by atoms with Crippen molar-refractivity contribution >= 4 is 29.3 Å². The number of carbonyl (C=O) groups excluding carboxylic acids is 1. The minimum absolute atomic E-state index is 0.0609. The molecule has 2 aliphatic rings. The molecule has 1 aromatic rings. The predicted molar refractivity (Wildman–Crippen MR) is 90.6 cm³/mol. The third kappa shape index (κ3) is 3.82. The van der Waals surface area contributed by atoms with Gasteiger partial charge in [0.05, 0.1) is 0 Å². The Kier molecular flexibility index (Phi) is 5.02. The molecule has 2 aliphatic heterocycles. The Bertz CT molecular complexity index is 512. The van der Waals surface area contributed by atoms with Gasteiger partial charge in [0.15, 0.2) is 0 Å². The molecule has 3 heterocycles. The Morgan fingerprint density at radius 2 is 1.73 bits per heavy atom. The van der Waals surface area contributed by atoms with Crippen molar-refractivity contribution in [1.82, 2.24) is 15.3 Å². The molecule has 0 bridgehead atoms. The molecule has 120 valence electrons. The van der Waals surface area contributed by atoms with Crippen molar-refractivity contribution in [3.05, 3.63) is 12.4 Å². The van der Waals surface area contributed by atoms with Crippen LogP contribution in [-0.4, -0.2) is 59.6 Å². The van der Waals surface area contributed by atoms with Gasteiger partial charge in [-0.25, -0.2) is 9.97 Å². The van der Waals surface area contributed by atoms with Gasteiger partial charge in [0, 0.05) is 56.7 Å². The maximum atomic E-state index is 11.1. The molecule has 2 saturated heterocycles. The molecule has 22 heavy (non-hydrogen) atoms. The molecule has 3 rings (SSSR count). The summed E-state index contributed by atoms with van der Waals surface area (Å²) in [5, 5.41) is 3.01. The topological polar surface area (TPSA) is 61.4 Å². The normalized spacial score (nSPS) is 20.0. The number of rotatable bonds is 3. The number of amides is 1. The summed E-state index contributed by atoms with van der Waals surface area (Å²) in [6.07, 6.45) is 3.62. The first-order valence-corrected chi connectivity index (χ1v) is 9.04. The molecular formula is C15H23N5OS. The first-order valence-electron chi connectivity index (χ1n) is 7.89. The lowest BCUT2D eigenvalue weighted by Gasteiger charge is -2.33. The molecule has 0 unspecified atom stereocenters. The number of nitrogens with one attached hydrogen (secondary N) is 1. The number of carbonyl (C=O) groups is 1. The highest BCUT2D eigenvalue weighted by Crippen LogP contribution is 2.23. The second kappa shape index (κ2) is 7.17. The average molecular weight is 321 g/mol. The zero-order valence-electron chi connectivity index (χ0n) is 13.0. The highest BCUT2D eigenvalue weighted by molar-refractivity contribution is 7.99. The number of aromatic nitrogens is 2. The SMILES string of the molecule is CC(=O)NC1CCN(c2cc(N3CCSCC3)ncn2)CC1. The Hall–Kier alpha value is -1.50. The van der Waals surface area contributed by atoms with Crippen molar-refractivity contribution in [3.63, 3.8) is 0 Å². The molecular weight excluding hydrogens is 298 g/mol. The second-order valence-electron chi connectivity index (χ2n) is 5.80. The number of thioether (sulfide) groups is 1. The maximum Gasteiger partial charge on any atom is 0.217 e. The van der Waals surface area contributed by atoms with Gasteiger partial charge in [-0.05, 0) is 12.8 Å². The van der Waals surface area contributed by atoms with Crippen LogP contribution in [0.15, 0.2) is 12.4 Å². The lowest BCUT2D eigenvalue weighted by atomic mass is 10.1. The Balaban J connectivity index is 1.62. The molecule has 0 radical (unpaired) electrons. The van der Waals surface area contributed by atoms with Gasteiger partial charge in [-0.3, -0.25) is 4.79 Å². The van der Waals surface area contributed by atoms with Crippen molar-refractivity contribution in [2.45, 2.75) is 25.8 Å². The monoisotopic (exact) mass is 321 g/mol. The van der Waals surface area contributed by atoms with E-state index in [0.717, 1.165) is 50.7 Å². The minimum Gasteiger partial charge on any atom is -0.356 e. The standard InChI is InChI=1S/C15H23N5OS/c1-12(21)18-13-2-4-19(5-3-13)14-10-15(17-11-16-14)20-6-8-22-9-7-20/h10-11,13H,2-9H2,1H3,(H,18,21). The number of nitrogens with zero attached hydrogens (tertiary/aromatic N) is 4. The first-order chi connectivity index (χ1) is 10.7. The Morgan fingerprint density at radius 1 is 1.14 bits per heavy atom. The predicted octanol–water partition coefficient (Wildman–Crippen LogP) is 1.13. The van der Waals surface area contributed by atoms with Crippen LogP contribution in [0, 0.1) is 0 Å². The van der Waals surface area contributed by atoms with Crippen LogP contribution in [0.25, 0.3) is 0 Å². The van der Waals surface area contributed by atoms with Crippen molar-refractivity contribution in [1.29, 1.82) is 0 Å². The summed E-state index contributed by atoms with van der Waals surface area (Å²) >= 11 is 2.00. The number of hydrogen-bond donors (Lipinski definition) is 1. The van der Waals surface area contributed by atoms with Crippen molar-refractivity contribution in [3.8, 4) is 0 Å². The zero-order chi connectivity index (χ0) is 15.4. The van der Waals surface area contributed by atoms with Crippen LogP contribution in [0.5, 0.6) is 0 Å². The average Bonchev–Trinajstić information content (AvgIpc) is 2.56. The van der Waals surface area contributed by atoms with Crippen molar-refractivity contribution < 1.29 is 4.79 Å². The van der Waals surface area contributed by atoms with Gasteiger partial charge in [-0.15, -0.1) is 0 Å². The fourth-order valence-corrected chi connectivity index (χ4v) is 3.92. The first kappa shape index (κ1) is 15.4. The van der Waals surface area contributed by atoms with E-state index in [1.54, 1.807) is 13.3 Å². The summed E-state index contributed by atoms with van der Waals surface area (Å²) in [6, 6.07) is 2.41. The molecule has 0 saturated carbocycles. The van der Waals surface area contributed by atoms with E-state index in [1.165, 1.54) is 11.5 Å². The molecule has 1 amide bonds. The van der Waals surface area contributed by atoms with Gasteiger partial charge < -0.3 is 15.1 Å². The number of anilines is 2. The molecule has 6 nitrogen and oxygen atoms in total. The summed E-state index contributed by atoms with van der Waals surface area (Å²) in [5.74, 6) is 4.44. The van der Waals surface area contributed by atoms with E-state index in [1.807, 2.05) is 11.8 Å². The van der Waals surface area contributed by atoms with E-state index in [-0.39, 0.29) is 5.91 Å². The largest absolute Gasteiger partial charge is 0.356 e. The minimum atomic E-state index is 0.0609. The summed E-state index contributed by atoms with van der Waals surface area (Å²) in [4.78, 5) is 24.6. The summed E-state index contributed by atoms with van der Waals surface area (Å²) in [5.41, 5.74) is 0. The zero-order valence-corrected chi connectivity index (χ0v) is 13.8. The van der Waals surface area contributed by atoms with Crippen LogP contribution >= 0.6 is 11.8 Å². The molecule has 1 N–H and O–H groups in total. The third-order valence-corrected chi connectivity index (χ3v) is 5.14. The molecule has 1 aromatic heterocycles. The molecule has 0 aliphatic carbocycles. The van der Waals surface area contributed by atoms with Crippen molar-refractivity contribution in [2.75, 3.05) is 47.5 Å². The fourth-order valence-electron chi connectivity index (χ4n) is 3.02. The molecule has 0 spiro atoms. The quantitative estimate of drug-likeness (QED) is 0.901. The Morgan fingerprint density at radius 3 is 2.32 bits per heavy atom.